The quantitative estimate of drug-likeness (QED) is 0.742. The van der Waals surface area contributed by atoms with Gasteiger partial charge in [0.15, 0.2) is 0 Å². The number of hydrogen-bond donors (Lipinski definition) is 2. The molecule has 1 saturated carbocycles. The minimum absolute atomic E-state index is 0.169. The van der Waals surface area contributed by atoms with Crippen molar-refractivity contribution in [3.63, 3.8) is 0 Å². The molecule has 26 heavy (non-hydrogen) atoms. The van der Waals surface area contributed by atoms with Gasteiger partial charge in [-0.15, -0.1) is 0 Å². The Morgan fingerprint density at radius 2 is 1.92 bits per heavy atom. The molecular weight excluding hydrogens is 330 g/mol. The first-order valence-corrected chi connectivity index (χ1v) is 8.36. The van der Waals surface area contributed by atoms with E-state index in [2.05, 4.69) is 20.6 Å². The van der Waals surface area contributed by atoms with E-state index >= 15 is 0 Å². The minimum atomic E-state index is -0.318. The lowest BCUT2D eigenvalue weighted by Crippen LogP contribution is -2.27. The van der Waals surface area contributed by atoms with Crippen LogP contribution in [0.1, 0.15) is 33.6 Å². The van der Waals surface area contributed by atoms with Crippen molar-refractivity contribution < 1.29 is 9.59 Å². The van der Waals surface area contributed by atoms with Crippen molar-refractivity contribution in [3.8, 4) is 5.82 Å². The second-order valence-corrected chi connectivity index (χ2v) is 6.12. The summed E-state index contributed by atoms with van der Waals surface area (Å²) in [5.74, 6) is 0.182. The van der Waals surface area contributed by atoms with Crippen molar-refractivity contribution in [2.45, 2.75) is 18.9 Å². The van der Waals surface area contributed by atoms with Crippen LogP contribution < -0.4 is 10.6 Å². The third-order valence-electron chi connectivity index (χ3n) is 4.11. The third-order valence-corrected chi connectivity index (χ3v) is 4.11. The van der Waals surface area contributed by atoms with Crippen molar-refractivity contribution in [3.05, 3.63) is 72.4 Å². The Hall–Kier alpha value is -3.48. The maximum Gasteiger partial charge on any atom is 0.257 e. The molecule has 1 aliphatic rings. The van der Waals surface area contributed by atoms with Crippen LogP contribution in [-0.4, -0.2) is 32.4 Å². The van der Waals surface area contributed by atoms with Gasteiger partial charge in [0.2, 0.25) is 0 Å². The summed E-state index contributed by atoms with van der Waals surface area (Å²) < 4.78 is 1.75. The number of nitrogens with zero attached hydrogens (tertiary/aromatic N) is 3. The first kappa shape index (κ1) is 16.0. The number of benzene rings is 1. The molecule has 2 amide bonds. The van der Waals surface area contributed by atoms with E-state index in [1.165, 1.54) is 6.20 Å². The fourth-order valence-electron chi connectivity index (χ4n) is 2.54. The summed E-state index contributed by atoms with van der Waals surface area (Å²) in [5.41, 5.74) is 1.34. The maximum atomic E-state index is 12.5. The number of aromatic nitrogens is 3. The van der Waals surface area contributed by atoms with E-state index < -0.39 is 0 Å². The second-order valence-electron chi connectivity index (χ2n) is 6.12. The van der Waals surface area contributed by atoms with Crippen molar-refractivity contribution >= 4 is 17.5 Å². The van der Waals surface area contributed by atoms with Crippen LogP contribution in [-0.2, 0) is 0 Å². The Balaban J connectivity index is 1.50. The van der Waals surface area contributed by atoms with Crippen LogP contribution in [0.3, 0.4) is 0 Å². The van der Waals surface area contributed by atoms with Gasteiger partial charge in [0.1, 0.15) is 12.1 Å². The largest absolute Gasteiger partial charge is 0.349 e. The van der Waals surface area contributed by atoms with E-state index in [1.54, 1.807) is 59.7 Å². The van der Waals surface area contributed by atoms with Crippen molar-refractivity contribution in [1.82, 2.24) is 19.9 Å². The van der Waals surface area contributed by atoms with Gasteiger partial charge in [0.25, 0.3) is 11.8 Å². The molecule has 2 N–H and O–H groups in total. The number of amides is 2. The van der Waals surface area contributed by atoms with E-state index in [-0.39, 0.29) is 17.9 Å². The Bertz CT molecular complexity index is 931. The predicted octanol–water partition coefficient (Wildman–Crippen LogP) is 2.41. The van der Waals surface area contributed by atoms with E-state index in [0.29, 0.717) is 22.6 Å². The summed E-state index contributed by atoms with van der Waals surface area (Å²) in [7, 11) is 0. The van der Waals surface area contributed by atoms with Gasteiger partial charge in [-0.3, -0.25) is 14.2 Å². The molecular formula is C19H17N5O2. The van der Waals surface area contributed by atoms with Crippen LogP contribution in [0.2, 0.25) is 0 Å². The van der Waals surface area contributed by atoms with Gasteiger partial charge in [-0.1, -0.05) is 12.1 Å². The van der Waals surface area contributed by atoms with Gasteiger partial charge in [-0.25, -0.2) is 9.97 Å². The number of carbonyl (C=O) groups is 2. The van der Waals surface area contributed by atoms with Gasteiger partial charge in [0, 0.05) is 24.6 Å². The minimum Gasteiger partial charge on any atom is -0.349 e. The number of pyridine rings is 1. The van der Waals surface area contributed by atoms with Crippen molar-refractivity contribution in [1.29, 1.82) is 0 Å². The highest BCUT2D eigenvalue weighted by molar-refractivity contribution is 6.09. The Morgan fingerprint density at radius 3 is 2.62 bits per heavy atom. The molecule has 0 bridgehead atoms. The van der Waals surface area contributed by atoms with Crippen LogP contribution in [0, 0.1) is 0 Å². The first-order chi connectivity index (χ1) is 12.7. The topological polar surface area (TPSA) is 88.9 Å². The van der Waals surface area contributed by atoms with Crippen LogP contribution in [0.25, 0.3) is 5.82 Å². The van der Waals surface area contributed by atoms with Crippen LogP contribution in [0.15, 0.2) is 61.3 Å². The number of nitrogens with one attached hydrogen (secondary N) is 2. The molecule has 130 valence electrons. The molecule has 2 heterocycles. The summed E-state index contributed by atoms with van der Waals surface area (Å²) in [4.78, 5) is 33.1. The normalized spacial score (nSPS) is 13.2. The van der Waals surface area contributed by atoms with E-state index in [0.717, 1.165) is 12.8 Å². The van der Waals surface area contributed by atoms with Crippen LogP contribution in [0.4, 0.5) is 5.69 Å². The number of rotatable bonds is 5. The summed E-state index contributed by atoms with van der Waals surface area (Å²) in [6.07, 6.45) is 8.58. The molecule has 0 aliphatic heterocycles. The highest BCUT2D eigenvalue weighted by atomic mass is 16.2. The van der Waals surface area contributed by atoms with Crippen molar-refractivity contribution in [2.24, 2.45) is 0 Å². The summed E-state index contributed by atoms with van der Waals surface area (Å²) >= 11 is 0. The summed E-state index contributed by atoms with van der Waals surface area (Å²) in [5, 5.41) is 5.73. The predicted molar refractivity (Wildman–Crippen MR) is 96.2 cm³/mol. The third kappa shape index (κ3) is 3.46. The van der Waals surface area contributed by atoms with Gasteiger partial charge in [0.05, 0.1) is 16.8 Å². The van der Waals surface area contributed by atoms with E-state index in [4.69, 9.17) is 0 Å². The smallest absolute Gasteiger partial charge is 0.257 e. The average molecular weight is 347 g/mol. The molecule has 0 saturated heterocycles. The molecule has 0 radical (unpaired) electrons. The zero-order chi connectivity index (χ0) is 17.9. The van der Waals surface area contributed by atoms with Crippen molar-refractivity contribution in [2.75, 3.05) is 5.32 Å². The molecule has 7 nitrogen and oxygen atoms in total. The van der Waals surface area contributed by atoms with E-state index in [1.807, 2.05) is 0 Å². The fourth-order valence-corrected chi connectivity index (χ4v) is 2.54. The van der Waals surface area contributed by atoms with Gasteiger partial charge < -0.3 is 10.6 Å². The molecule has 1 aliphatic carbocycles. The Morgan fingerprint density at radius 1 is 1.08 bits per heavy atom. The summed E-state index contributed by atoms with van der Waals surface area (Å²) in [6.45, 7) is 0. The van der Waals surface area contributed by atoms with Crippen LogP contribution in [0.5, 0.6) is 0 Å². The lowest BCUT2D eigenvalue weighted by molar-refractivity contribution is 0.0952. The lowest BCUT2D eigenvalue weighted by atomic mass is 10.1. The highest BCUT2D eigenvalue weighted by Gasteiger charge is 2.25. The SMILES string of the molecule is O=C(Nc1ccccc1C(=O)NC1CC1)c1ccc(-n2ccnc2)nc1. The lowest BCUT2D eigenvalue weighted by Gasteiger charge is -2.11. The maximum absolute atomic E-state index is 12.5. The molecule has 0 unspecified atom stereocenters. The molecule has 2 aromatic heterocycles. The van der Waals surface area contributed by atoms with Crippen LogP contribution >= 0.6 is 0 Å². The number of carbonyl (C=O) groups excluding carboxylic acids is 2. The standard InChI is InChI=1S/C19H17N5O2/c25-18(13-5-8-17(21-11-13)24-10-9-20-12-24)23-16-4-2-1-3-15(16)19(26)22-14-6-7-14/h1-5,8-12,14H,6-7H2,(H,22,26)(H,23,25). The van der Waals surface area contributed by atoms with E-state index in [9.17, 15) is 9.59 Å². The highest BCUT2D eigenvalue weighted by Crippen LogP contribution is 2.22. The molecule has 7 heteroatoms. The van der Waals surface area contributed by atoms with Gasteiger partial charge in [-0.05, 0) is 37.1 Å². The molecule has 1 aromatic carbocycles. The zero-order valence-corrected chi connectivity index (χ0v) is 13.9. The van der Waals surface area contributed by atoms with Gasteiger partial charge in [-0.2, -0.15) is 0 Å². The Labute approximate surface area is 150 Å². The average Bonchev–Trinajstić information content (AvgIpc) is 3.31. The fraction of sp³-hybridized carbons (Fsp3) is 0.158. The monoisotopic (exact) mass is 347 g/mol. The number of anilines is 1. The molecule has 1 fully saturated rings. The van der Waals surface area contributed by atoms with Gasteiger partial charge >= 0.3 is 0 Å². The second kappa shape index (κ2) is 6.79. The number of para-hydroxylation sites is 1. The number of imidazole rings is 1. The molecule has 0 spiro atoms. The summed E-state index contributed by atoms with van der Waals surface area (Å²) in [6, 6.07) is 10.7. The zero-order valence-electron chi connectivity index (χ0n) is 13.9. The number of hydrogen-bond acceptors (Lipinski definition) is 4. The Kier molecular flexibility index (Phi) is 4.18. The molecule has 3 aromatic rings. The molecule has 4 rings (SSSR count). The first-order valence-electron chi connectivity index (χ1n) is 8.36. The molecule has 0 atom stereocenters.